The van der Waals surface area contributed by atoms with Gasteiger partial charge < -0.3 is 21.0 Å². The van der Waals surface area contributed by atoms with E-state index in [-0.39, 0.29) is 12.1 Å². The number of nitrogens with zero attached hydrogens (tertiary/aromatic N) is 2. The molecule has 182 valence electrons. The fourth-order valence-electron chi connectivity index (χ4n) is 4.25. The average molecular weight is 479 g/mol. The lowest BCUT2D eigenvalue weighted by Crippen LogP contribution is -2.38. The van der Waals surface area contributed by atoms with E-state index >= 15 is 0 Å². The summed E-state index contributed by atoms with van der Waals surface area (Å²) >= 11 is 0. The molecule has 0 amide bonds. The molecule has 36 heavy (non-hydrogen) atoms. The minimum absolute atomic E-state index is 0.310. The largest absolute Gasteiger partial charge is 0.411 e. The van der Waals surface area contributed by atoms with E-state index in [0.717, 1.165) is 22.3 Å². The standard InChI is InChI=1S/C30H30N4O2/c35-33-29(25-17-9-3-10-18-25)27(23-13-5-1-6-14-23)31-21-22-32-28(24-15-7-2-8-16-24)30(34-36)26-19-11-4-12-20-26/h1-20,27-28,31-32,35-36H,21-22H2. The predicted octanol–water partition coefficient (Wildman–Crippen LogP) is 5.41. The summed E-state index contributed by atoms with van der Waals surface area (Å²) in [5.41, 5.74) is 4.77. The van der Waals surface area contributed by atoms with Gasteiger partial charge in [-0.1, -0.05) is 132 Å². The van der Waals surface area contributed by atoms with E-state index in [2.05, 4.69) is 20.9 Å². The molecule has 0 heterocycles. The van der Waals surface area contributed by atoms with Crippen LogP contribution in [0.1, 0.15) is 34.3 Å². The summed E-state index contributed by atoms with van der Waals surface area (Å²) in [4.78, 5) is 0. The van der Waals surface area contributed by atoms with Crippen molar-refractivity contribution in [2.75, 3.05) is 13.1 Å². The van der Waals surface area contributed by atoms with Gasteiger partial charge in [0.1, 0.15) is 11.4 Å². The molecule has 6 heteroatoms. The van der Waals surface area contributed by atoms with Gasteiger partial charge in [0.25, 0.3) is 0 Å². The van der Waals surface area contributed by atoms with Crippen LogP contribution in [0.4, 0.5) is 0 Å². The Kier molecular flexibility index (Phi) is 8.97. The number of oxime groups is 2. The molecule has 0 aliphatic heterocycles. The molecule has 0 aromatic heterocycles. The monoisotopic (exact) mass is 478 g/mol. The van der Waals surface area contributed by atoms with Crippen molar-refractivity contribution in [3.05, 3.63) is 144 Å². The van der Waals surface area contributed by atoms with Crippen LogP contribution in [0.2, 0.25) is 0 Å². The Labute approximate surface area is 211 Å². The van der Waals surface area contributed by atoms with Crippen LogP contribution in [-0.4, -0.2) is 34.9 Å². The van der Waals surface area contributed by atoms with Crippen molar-refractivity contribution >= 4 is 11.4 Å². The summed E-state index contributed by atoms with van der Waals surface area (Å²) in [6.45, 7) is 1.14. The maximum absolute atomic E-state index is 9.92. The first kappa shape index (κ1) is 24.9. The van der Waals surface area contributed by atoms with E-state index in [0.29, 0.717) is 24.5 Å². The highest BCUT2D eigenvalue weighted by molar-refractivity contribution is 6.05. The Morgan fingerprint density at radius 2 is 0.806 bits per heavy atom. The van der Waals surface area contributed by atoms with Crippen molar-refractivity contribution in [2.24, 2.45) is 10.3 Å². The van der Waals surface area contributed by atoms with Crippen LogP contribution in [0.3, 0.4) is 0 Å². The Morgan fingerprint density at radius 1 is 0.500 bits per heavy atom. The maximum atomic E-state index is 9.92. The molecule has 0 aliphatic carbocycles. The van der Waals surface area contributed by atoms with Gasteiger partial charge in [0.2, 0.25) is 0 Å². The van der Waals surface area contributed by atoms with Crippen LogP contribution in [-0.2, 0) is 0 Å². The number of nitrogens with one attached hydrogen (secondary N) is 2. The van der Waals surface area contributed by atoms with Gasteiger partial charge >= 0.3 is 0 Å². The van der Waals surface area contributed by atoms with E-state index in [9.17, 15) is 10.4 Å². The molecule has 0 bridgehead atoms. The van der Waals surface area contributed by atoms with Crippen LogP contribution in [0.15, 0.2) is 132 Å². The molecule has 2 unspecified atom stereocenters. The van der Waals surface area contributed by atoms with Gasteiger partial charge in [-0.15, -0.1) is 0 Å². The van der Waals surface area contributed by atoms with E-state index in [1.807, 2.05) is 121 Å². The summed E-state index contributed by atoms with van der Waals surface area (Å²) in [7, 11) is 0. The van der Waals surface area contributed by atoms with Gasteiger partial charge in [-0.3, -0.25) is 0 Å². The maximum Gasteiger partial charge on any atom is 0.108 e. The van der Waals surface area contributed by atoms with Crippen LogP contribution in [0.25, 0.3) is 0 Å². The molecular formula is C30H30N4O2. The lowest BCUT2D eigenvalue weighted by Gasteiger charge is -2.23. The molecule has 0 aliphatic rings. The minimum Gasteiger partial charge on any atom is -0.411 e. The van der Waals surface area contributed by atoms with Gasteiger partial charge in [-0.25, -0.2) is 0 Å². The van der Waals surface area contributed by atoms with Crippen molar-refractivity contribution < 1.29 is 10.4 Å². The highest BCUT2D eigenvalue weighted by atomic mass is 16.4. The zero-order valence-corrected chi connectivity index (χ0v) is 19.9. The molecular weight excluding hydrogens is 448 g/mol. The first-order valence-electron chi connectivity index (χ1n) is 11.9. The SMILES string of the molecule is ON=C(c1ccccc1)C(NCCNC(C(=NO)c1ccccc1)c1ccccc1)c1ccccc1. The summed E-state index contributed by atoms with van der Waals surface area (Å²) < 4.78 is 0. The van der Waals surface area contributed by atoms with Crippen LogP contribution < -0.4 is 10.6 Å². The zero-order chi connectivity index (χ0) is 25.0. The average Bonchev–Trinajstić information content (AvgIpc) is 2.96. The molecule has 0 spiro atoms. The van der Waals surface area contributed by atoms with E-state index in [1.54, 1.807) is 0 Å². The van der Waals surface area contributed by atoms with Gasteiger partial charge in [0.05, 0.1) is 12.1 Å². The Balaban J connectivity index is 1.52. The fraction of sp³-hybridized carbons (Fsp3) is 0.133. The molecule has 4 aromatic carbocycles. The molecule has 2 atom stereocenters. The Bertz CT molecular complexity index is 1150. The molecule has 4 rings (SSSR count). The van der Waals surface area contributed by atoms with Gasteiger partial charge in [0, 0.05) is 24.2 Å². The highest BCUT2D eigenvalue weighted by Crippen LogP contribution is 2.21. The number of hydrogen-bond acceptors (Lipinski definition) is 6. The third kappa shape index (κ3) is 6.24. The van der Waals surface area contributed by atoms with Crippen molar-refractivity contribution in [1.82, 2.24) is 10.6 Å². The summed E-state index contributed by atoms with van der Waals surface area (Å²) in [5, 5.41) is 34.2. The van der Waals surface area contributed by atoms with Crippen LogP contribution in [0.5, 0.6) is 0 Å². The van der Waals surface area contributed by atoms with Crippen molar-refractivity contribution in [3.63, 3.8) is 0 Å². The van der Waals surface area contributed by atoms with Gasteiger partial charge in [0.15, 0.2) is 0 Å². The lowest BCUT2D eigenvalue weighted by atomic mass is 9.96. The smallest absolute Gasteiger partial charge is 0.108 e. The van der Waals surface area contributed by atoms with E-state index < -0.39 is 0 Å². The number of benzene rings is 4. The van der Waals surface area contributed by atoms with Crippen molar-refractivity contribution in [3.8, 4) is 0 Å². The first-order chi connectivity index (χ1) is 17.8. The summed E-state index contributed by atoms with van der Waals surface area (Å²) in [6, 6.07) is 38.5. The predicted molar refractivity (Wildman–Crippen MR) is 144 cm³/mol. The summed E-state index contributed by atoms with van der Waals surface area (Å²) in [6.07, 6.45) is 0. The quantitative estimate of drug-likeness (QED) is 0.101. The Hall–Kier alpha value is -4.26. The highest BCUT2D eigenvalue weighted by Gasteiger charge is 2.22. The van der Waals surface area contributed by atoms with Crippen LogP contribution >= 0.6 is 0 Å². The molecule has 0 fully saturated rings. The van der Waals surface area contributed by atoms with Gasteiger partial charge in [-0.2, -0.15) is 0 Å². The third-order valence-electron chi connectivity index (χ3n) is 5.99. The Morgan fingerprint density at radius 3 is 1.11 bits per heavy atom. The topological polar surface area (TPSA) is 89.2 Å². The number of hydrogen-bond donors (Lipinski definition) is 4. The minimum atomic E-state index is -0.310. The fourth-order valence-corrected chi connectivity index (χ4v) is 4.25. The molecule has 0 saturated heterocycles. The molecule has 6 nitrogen and oxygen atoms in total. The second-order valence-electron chi connectivity index (χ2n) is 8.30. The number of rotatable bonds is 11. The second-order valence-corrected chi connectivity index (χ2v) is 8.30. The zero-order valence-electron chi connectivity index (χ0n) is 19.9. The summed E-state index contributed by atoms with van der Waals surface area (Å²) in [5.74, 6) is 0. The molecule has 4 N–H and O–H groups in total. The first-order valence-corrected chi connectivity index (χ1v) is 11.9. The molecule has 0 saturated carbocycles. The second kappa shape index (κ2) is 13.0. The normalized spacial score (nSPS) is 13.8. The lowest BCUT2D eigenvalue weighted by molar-refractivity contribution is 0.315. The third-order valence-corrected chi connectivity index (χ3v) is 5.99. The van der Waals surface area contributed by atoms with Crippen molar-refractivity contribution in [1.29, 1.82) is 0 Å². The van der Waals surface area contributed by atoms with Crippen LogP contribution in [0, 0.1) is 0 Å². The van der Waals surface area contributed by atoms with E-state index in [1.165, 1.54) is 0 Å². The van der Waals surface area contributed by atoms with E-state index in [4.69, 9.17) is 0 Å². The van der Waals surface area contributed by atoms with Gasteiger partial charge in [-0.05, 0) is 11.1 Å². The molecule has 0 radical (unpaired) electrons. The molecule has 4 aromatic rings. The van der Waals surface area contributed by atoms with Crippen molar-refractivity contribution in [2.45, 2.75) is 12.1 Å².